The van der Waals surface area contributed by atoms with E-state index >= 15 is 0 Å². The van der Waals surface area contributed by atoms with Crippen LogP contribution in [0.5, 0.6) is 5.75 Å². The fourth-order valence-corrected chi connectivity index (χ4v) is 5.01. The van der Waals surface area contributed by atoms with Gasteiger partial charge < -0.3 is 9.64 Å². The molecule has 2 saturated heterocycles. The van der Waals surface area contributed by atoms with E-state index in [9.17, 15) is 13.2 Å². The van der Waals surface area contributed by atoms with Crippen molar-refractivity contribution in [2.45, 2.75) is 51.5 Å². The van der Waals surface area contributed by atoms with Crippen molar-refractivity contribution in [2.24, 2.45) is 10.9 Å². The molecule has 3 aliphatic heterocycles. The molecule has 3 heterocycles. The van der Waals surface area contributed by atoms with Crippen LogP contribution in [0.1, 0.15) is 45.4 Å². The van der Waals surface area contributed by atoms with Crippen LogP contribution in [0.4, 0.5) is 13.2 Å². The Kier molecular flexibility index (Phi) is 8.12. The molecule has 4 rings (SSSR count). The summed E-state index contributed by atoms with van der Waals surface area (Å²) in [5, 5.41) is 0. The second-order valence-electron chi connectivity index (χ2n) is 9.48. The fourth-order valence-electron chi connectivity index (χ4n) is 5.01. The van der Waals surface area contributed by atoms with E-state index in [1.807, 2.05) is 0 Å². The van der Waals surface area contributed by atoms with E-state index in [0.29, 0.717) is 25.1 Å². The molecule has 0 N–H and O–H groups in total. The molecular weight excluding hydrogens is 427 g/mol. The highest BCUT2D eigenvalue weighted by Gasteiger charge is 2.26. The van der Waals surface area contributed by atoms with Crippen molar-refractivity contribution in [3.63, 3.8) is 0 Å². The van der Waals surface area contributed by atoms with Gasteiger partial charge in [0.25, 0.3) is 0 Å². The van der Waals surface area contributed by atoms with Gasteiger partial charge in [0, 0.05) is 30.8 Å². The highest BCUT2D eigenvalue weighted by atomic mass is 19.1. The summed E-state index contributed by atoms with van der Waals surface area (Å²) in [6.07, 6.45) is 9.40. The number of hydrogen-bond acceptors (Lipinski definition) is 4. The molecule has 7 heteroatoms. The van der Waals surface area contributed by atoms with Crippen LogP contribution in [0.25, 0.3) is 0 Å². The van der Waals surface area contributed by atoms with Gasteiger partial charge in [-0.1, -0.05) is 0 Å². The van der Waals surface area contributed by atoms with E-state index in [-0.39, 0.29) is 11.6 Å². The van der Waals surface area contributed by atoms with E-state index < -0.39 is 11.6 Å². The third-order valence-corrected chi connectivity index (χ3v) is 6.96. The monoisotopic (exact) mass is 461 g/mol. The van der Waals surface area contributed by atoms with Gasteiger partial charge in [0.2, 0.25) is 0 Å². The Balaban J connectivity index is 1.28. The second-order valence-corrected chi connectivity index (χ2v) is 9.48. The topological polar surface area (TPSA) is 28.1 Å². The number of benzene rings is 1. The molecule has 3 aliphatic rings. The van der Waals surface area contributed by atoms with Crippen molar-refractivity contribution >= 4 is 5.84 Å². The van der Waals surface area contributed by atoms with Crippen LogP contribution in [-0.2, 0) is 0 Å². The van der Waals surface area contributed by atoms with E-state index in [1.165, 1.54) is 12.1 Å². The number of hydrogen-bond donors (Lipinski definition) is 0. The summed E-state index contributed by atoms with van der Waals surface area (Å²) in [7, 11) is 0. The zero-order valence-electron chi connectivity index (χ0n) is 19.4. The van der Waals surface area contributed by atoms with Crippen LogP contribution in [0.3, 0.4) is 0 Å². The molecule has 1 atom stereocenters. The van der Waals surface area contributed by atoms with Gasteiger partial charge in [-0.2, -0.15) is 0 Å². The van der Waals surface area contributed by atoms with Crippen molar-refractivity contribution < 1.29 is 17.9 Å². The summed E-state index contributed by atoms with van der Waals surface area (Å²) in [6, 6.07) is 3.68. The van der Waals surface area contributed by atoms with Crippen LogP contribution in [-0.4, -0.2) is 61.0 Å². The second kappa shape index (κ2) is 11.2. The van der Waals surface area contributed by atoms with Crippen molar-refractivity contribution in [3.05, 3.63) is 53.4 Å². The summed E-state index contributed by atoms with van der Waals surface area (Å²) in [5.41, 5.74) is 1.15. The van der Waals surface area contributed by atoms with Crippen LogP contribution in [0.15, 0.2) is 46.7 Å². The molecule has 0 saturated carbocycles. The molecule has 0 amide bonds. The quantitative estimate of drug-likeness (QED) is 0.559. The first-order chi connectivity index (χ1) is 16.0. The maximum atomic E-state index is 14.1. The number of fused-ring (bicyclic) bond motifs is 2. The van der Waals surface area contributed by atoms with E-state index in [1.54, 1.807) is 12.2 Å². The van der Waals surface area contributed by atoms with E-state index in [2.05, 4.69) is 16.7 Å². The number of halogens is 3. The lowest BCUT2D eigenvalue weighted by molar-refractivity contribution is 0.173. The lowest BCUT2D eigenvalue weighted by atomic mass is 9.94. The molecule has 1 aromatic carbocycles. The van der Waals surface area contributed by atoms with Gasteiger partial charge in [-0.05, 0) is 82.2 Å². The van der Waals surface area contributed by atoms with Crippen LogP contribution < -0.4 is 4.74 Å². The minimum Gasteiger partial charge on any atom is -0.493 e. The number of piperidine rings is 1. The smallest absolute Gasteiger partial charge is 0.129 e. The van der Waals surface area contributed by atoms with E-state index in [0.717, 1.165) is 82.2 Å². The normalized spacial score (nSPS) is 26.1. The number of nitrogens with zero attached hydrogens (tertiary/aromatic N) is 3. The van der Waals surface area contributed by atoms with E-state index in [4.69, 9.17) is 9.73 Å². The van der Waals surface area contributed by atoms with Crippen molar-refractivity contribution in [1.82, 2.24) is 9.80 Å². The Morgan fingerprint density at radius 2 is 1.82 bits per heavy atom. The maximum Gasteiger partial charge on any atom is 0.129 e. The highest BCUT2D eigenvalue weighted by Crippen LogP contribution is 2.26. The number of rotatable bonds is 6. The maximum absolute atomic E-state index is 14.1. The Morgan fingerprint density at radius 1 is 1.06 bits per heavy atom. The Bertz CT molecular complexity index is 886. The number of likely N-dealkylation sites (tertiary alicyclic amines) is 1. The molecule has 2 bridgehead atoms. The minimum absolute atomic E-state index is 0.173. The summed E-state index contributed by atoms with van der Waals surface area (Å²) in [4.78, 5) is 9.61. The standard InChI is InChI=1S/C26H34F3N3O/c1-19-3-2-4-21-13-22(27)5-9-30-26(32(19)17-21)18-31-10-6-20(7-11-31)8-12-33-25-15-23(28)14-24(29)16-25/h5,13-16,19-20H,2-4,6-12,17-18H2,1H3/b21-13-,22-5+,30-26?. The zero-order valence-corrected chi connectivity index (χ0v) is 19.4. The Labute approximate surface area is 194 Å². The minimum atomic E-state index is -0.620. The molecule has 180 valence electrons. The SMILES string of the molecule is CC1CCC/C2=C/C(F)=C\CN=C(CN3CCC(CCOc4cc(F)cc(F)c4)CC3)N1C2. The van der Waals surface area contributed by atoms with Crippen molar-refractivity contribution in [1.29, 1.82) is 0 Å². The van der Waals surface area contributed by atoms with Crippen LogP contribution in [0.2, 0.25) is 0 Å². The van der Waals surface area contributed by atoms with Gasteiger partial charge in [0.1, 0.15) is 29.0 Å². The predicted octanol–water partition coefficient (Wildman–Crippen LogP) is 5.51. The molecule has 2 fully saturated rings. The molecule has 0 aromatic heterocycles. The van der Waals surface area contributed by atoms with Gasteiger partial charge in [0.15, 0.2) is 0 Å². The van der Waals surface area contributed by atoms with Gasteiger partial charge in [0.05, 0.1) is 19.7 Å². The van der Waals surface area contributed by atoms with Gasteiger partial charge in [-0.25, -0.2) is 13.2 Å². The summed E-state index contributed by atoms with van der Waals surface area (Å²) in [5.74, 6) is 0.431. The molecular formula is C26H34F3N3O. The average Bonchev–Trinajstić information content (AvgIpc) is 2.89. The van der Waals surface area contributed by atoms with Gasteiger partial charge >= 0.3 is 0 Å². The first-order valence-electron chi connectivity index (χ1n) is 12.1. The average molecular weight is 462 g/mol. The van der Waals surface area contributed by atoms with Gasteiger partial charge in [-0.3, -0.25) is 9.89 Å². The zero-order chi connectivity index (χ0) is 23.2. The van der Waals surface area contributed by atoms with Crippen molar-refractivity contribution in [3.8, 4) is 5.75 Å². The van der Waals surface area contributed by atoms with Crippen LogP contribution >= 0.6 is 0 Å². The number of aliphatic imine (C=N–C) groups is 1. The van der Waals surface area contributed by atoms with Gasteiger partial charge in [-0.15, -0.1) is 0 Å². The molecule has 1 unspecified atom stereocenters. The Hall–Kier alpha value is -2.28. The predicted molar refractivity (Wildman–Crippen MR) is 125 cm³/mol. The van der Waals surface area contributed by atoms with Crippen LogP contribution in [0, 0.1) is 17.6 Å². The number of ether oxygens (including phenoxy) is 1. The molecule has 1 aromatic rings. The first-order valence-corrected chi connectivity index (χ1v) is 12.1. The summed E-state index contributed by atoms with van der Waals surface area (Å²) >= 11 is 0. The lowest BCUT2D eigenvalue weighted by Gasteiger charge is -2.36. The highest BCUT2D eigenvalue weighted by molar-refractivity contribution is 5.85. The number of amidine groups is 1. The molecule has 33 heavy (non-hydrogen) atoms. The fraction of sp³-hybridized carbons (Fsp3) is 0.577. The molecule has 4 nitrogen and oxygen atoms in total. The first kappa shape index (κ1) is 23.9. The lowest BCUT2D eigenvalue weighted by Crippen LogP contribution is -2.47. The molecule has 0 spiro atoms. The molecule has 0 aliphatic carbocycles. The third kappa shape index (κ3) is 6.85. The third-order valence-electron chi connectivity index (χ3n) is 6.96. The summed E-state index contributed by atoms with van der Waals surface area (Å²) < 4.78 is 46.3. The Morgan fingerprint density at radius 3 is 2.58 bits per heavy atom. The largest absolute Gasteiger partial charge is 0.493 e. The molecule has 0 radical (unpaired) electrons. The van der Waals surface area contributed by atoms with Crippen molar-refractivity contribution in [2.75, 3.05) is 39.3 Å². The summed E-state index contributed by atoms with van der Waals surface area (Å²) in [6.45, 7) is 6.59. The number of allylic oxidation sites excluding steroid dienone is 2.